The standard InChI is InChI=1S/C34H37N3O4S/c1-21-13-14-22(2)26(17-21)36-32(40)30-34-16-15-27(42-34)28(31(39)35-19-24-11-7-4-8-12-24)29(34)33(41)37(30)25(20-38)18-23-9-5-3-6-10-23/h3-14,17,25,27-30,38H,15-16,18-20H2,1-2H3,(H,35,39)(H,36,40)/t25-,27-,28+,29+,30?,34?/m1/s1. The molecule has 3 heterocycles. The van der Waals surface area contributed by atoms with Gasteiger partial charge in [0.05, 0.1) is 29.2 Å². The Hall–Kier alpha value is -3.62. The number of hydrogen-bond donors (Lipinski definition) is 3. The van der Waals surface area contributed by atoms with Crippen LogP contribution in [0.2, 0.25) is 0 Å². The molecule has 42 heavy (non-hydrogen) atoms. The second kappa shape index (κ2) is 11.6. The first-order chi connectivity index (χ1) is 20.3. The zero-order valence-electron chi connectivity index (χ0n) is 24.0. The van der Waals surface area contributed by atoms with Gasteiger partial charge in [0.15, 0.2) is 0 Å². The van der Waals surface area contributed by atoms with Crippen molar-refractivity contribution in [2.75, 3.05) is 11.9 Å². The summed E-state index contributed by atoms with van der Waals surface area (Å²) >= 11 is 1.64. The Morgan fingerprint density at radius 3 is 2.38 bits per heavy atom. The number of anilines is 1. The van der Waals surface area contributed by atoms with Crippen molar-refractivity contribution in [2.45, 2.75) is 61.7 Å². The van der Waals surface area contributed by atoms with Crippen LogP contribution in [0.25, 0.3) is 0 Å². The number of likely N-dealkylation sites (tertiary alicyclic amines) is 1. The van der Waals surface area contributed by atoms with E-state index in [4.69, 9.17) is 0 Å². The topological polar surface area (TPSA) is 98.7 Å². The number of aliphatic hydroxyl groups excluding tert-OH is 1. The molecule has 0 aromatic heterocycles. The number of aliphatic hydroxyl groups is 1. The minimum absolute atomic E-state index is 0.0328. The van der Waals surface area contributed by atoms with Crippen LogP contribution in [0.1, 0.15) is 35.1 Å². The molecule has 3 N–H and O–H groups in total. The van der Waals surface area contributed by atoms with Crippen molar-refractivity contribution in [3.63, 3.8) is 0 Å². The first-order valence-corrected chi connectivity index (χ1v) is 15.5. The molecule has 0 radical (unpaired) electrons. The van der Waals surface area contributed by atoms with E-state index in [1.807, 2.05) is 92.7 Å². The number of aryl methyl sites for hydroxylation is 2. The molecule has 218 valence electrons. The van der Waals surface area contributed by atoms with Gasteiger partial charge < -0.3 is 20.6 Å². The average molecular weight is 584 g/mol. The van der Waals surface area contributed by atoms with Crippen LogP contribution in [0.3, 0.4) is 0 Å². The van der Waals surface area contributed by atoms with Crippen LogP contribution in [-0.2, 0) is 27.3 Å². The van der Waals surface area contributed by atoms with Crippen LogP contribution in [0.15, 0.2) is 78.9 Å². The minimum atomic E-state index is -0.808. The molecule has 3 aliphatic heterocycles. The summed E-state index contributed by atoms with van der Waals surface area (Å²) in [5.74, 6) is -1.77. The molecule has 3 fully saturated rings. The number of carbonyl (C=O) groups excluding carboxylic acids is 3. The summed E-state index contributed by atoms with van der Waals surface area (Å²) in [7, 11) is 0. The summed E-state index contributed by atoms with van der Waals surface area (Å²) in [6.07, 6.45) is 1.85. The Kier molecular flexibility index (Phi) is 7.85. The molecule has 2 bridgehead atoms. The van der Waals surface area contributed by atoms with Gasteiger partial charge in [0, 0.05) is 17.5 Å². The summed E-state index contributed by atoms with van der Waals surface area (Å²) < 4.78 is -0.734. The van der Waals surface area contributed by atoms with E-state index in [1.165, 1.54) is 0 Å². The SMILES string of the molecule is Cc1ccc(C)c(NC(=O)C2N([C@@H](CO)Cc3ccccc3)C(=O)[C@@H]3[C@@H](C(=O)NCc4ccccc4)[C@H]4CCC23S4)c1. The predicted octanol–water partition coefficient (Wildman–Crippen LogP) is 4.25. The fourth-order valence-corrected chi connectivity index (χ4v) is 9.40. The largest absolute Gasteiger partial charge is 0.394 e. The van der Waals surface area contributed by atoms with Gasteiger partial charge in [0.25, 0.3) is 0 Å². The molecule has 6 rings (SSSR count). The molecule has 8 heteroatoms. The van der Waals surface area contributed by atoms with Crippen LogP contribution >= 0.6 is 11.8 Å². The van der Waals surface area contributed by atoms with Crippen molar-refractivity contribution >= 4 is 35.2 Å². The van der Waals surface area contributed by atoms with Crippen molar-refractivity contribution in [3.8, 4) is 0 Å². The maximum absolute atomic E-state index is 14.5. The Balaban J connectivity index is 1.35. The highest BCUT2D eigenvalue weighted by Crippen LogP contribution is 2.66. The van der Waals surface area contributed by atoms with Crippen LogP contribution in [0.5, 0.6) is 0 Å². The van der Waals surface area contributed by atoms with Crippen LogP contribution in [0, 0.1) is 25.7 Å². The normalized spacial score (nSPS) is 26.6. The highest BCUT2D eigenvalue weighted by molar-refractivity contribution is 8.02. The highest BCUT2D eigenvalue weighted by atomic mass is 32.2. The van der Waals surface area contributed by atoms with E-state index in [9.17, 15) is 19.5 Å². The summed E-state index contributed by atoms with van der Waals surface area (Å²) in [6.45, 7) is 4.03. The number of hydrogen-bond acceptors (Lipinski definition) is 5. The average Bonchev–Trinajstić information content (AvgIpc) is 3.65. The number of nitrogens with one attached hydrogen (secondary N) is 2. The Labute approximate surface area is 251 Å². The van der Waals surface area contributed by atoms with Crippen molar-refractivity contribution in [1.82, 2.24) is 10.2 Å². The lowest BCUT2D eigenvalue weighted by Crippen LogP contribution is -2.55. The summed E-state index contributed by atoms with van der Waals surface area (Å²) in [5.41, 5.74) is 4.63. The van der Waals surface area contributed by atoms with Gasteiger partial charge in [-0.15, -0.1) is 11.8 Å². The van der Waals surface area contributed by atoms with Crippen molar-refractivity contribution in [1.29, 1.82) is 0 Å². The number of thioether (sulfide) groups is 1. The molecule has 1 spiro atoms. The number of rotatable bonds is 9. The zero-order chi connectivity index (χ0) is 29.4. The van der Waals surface area contributed by atoms with E-state index in [-0.39, 0.29) is 29.6 Å². The van der Waals surface area contributed by atoms with Gasteiger partial charge in [-0.3, -0.25) is 14.4 Å². The molecule has 3 aliphatic rings. The second-order valence-corrected chi connectivity index (χ2v) is 13.4. The third-order valence-corrected chi connectivity index (χ3v) is 11.1. The fourth-order valence-electron chi connectivity index (χ4n) is 7.20. The predicted molar refractivity (Wildman–Crippen MR) is 165 cm³/mol. The number of carbonyl (C=O) groups is 3. The van der Waals surface area contributed by atoms with Crippen LogP contribution in [-0.4, -0.2) is 56.4 Å². The third kappa shape index (κ3) is 5.01. The first kappa shape index (κ1) is 28.5. The molecule has 2 unspecified atom stereocenters. The quantitative estimate of drug-likeness (QED) is 0.350. The molecule has 3 amide bonds. The van der Waals surface area contributed by atoms with E-state index in [0.29, 0.717) is 25.1 Å². The smallest absolute Gasteiger partial charge is 0.248 e. The molecule has 3 aromatic rings. The molecule has 0 aliphatic carbocycles. The van der Waals surface area contributed by atoms with Crippen molar-refractivity contribution < 1.29 is 19.5 Å². The number of amides is 3. The molecule has 6 atom stereocenters. The fraction of sp³-hybridized carbons (Fsp3) is 0.382. The minimum Gasteiger partial charge on any atom is -0.394 e. The molecular weight excluding hydrogens is 546 g/mol. The first-order valence-electron chi connectivity index (χ1n) is 14.7. The molecule has 0 saturated carbocycles. The zero-order valence-corrected chi connectivity index (χ0v) is 24.8. The summed E-state index contributed by atoms with van der Waals surface area (Å²) in [5, 5.41) is 16.8. The molecule has 3 saturated heterocycles. The molecular formula is C34H37N3O4S. The monoisotopic (exact) mass is 583 g/mol. The number of fused-ring (bicyclic) bond motifs is 1. The van der Waals surface area contributed by atoms with Gasteiger partial charge in [0.1, 0.15) is 6.04 Å². The lowest BCUT2D eigenvalue weighted by atomic mass is 9.70. The Bertz CT molecular complexity index is 1480. The van der Waals surface area contributed by atoms with Crippen LogP contribution in [0.4, 0.5) is 5.69 Å². The summed E-state index contributed by atoms with van der Waals surface area (Å²) in [6, 6.07) is 23.9. The van der Waals surface area contributed by atoms with E-state index < -0.39 is 28.7 Å². The van der Waals surface area contributed by atoms with E-state index in [1.54, 1.807) is 16.7 Å². The van der Waals surface area contributed by atoms with Gasteiger partial charge in [-0.05, 0) is 61.4 Å². The van der Waals surface area contributed by atoms with Crippen LogP contribution < -0.4 is 10.6 Å². The van der Waals surface area contributed by atoms with Gasteiger partial charge in [-0.2, -0.15) is 0 Å². The lowest BCUT2D eigenvalue weighted by molar-refractivity contribution is -0.142. The number of benzene rings is 3. The Morgan fingerprint density at radius 1 is 1.00 bits per heavy atom. The van der Waals surface area contributed by atoms with Gasteiger partial charge in [-0.25, -0.2) is 0 Å². The van der Waals surface area contributed by atoms with E-state index >= 15 is 0 Å². The number of nitrogens with zero attached hydrogens (tertiary/aromatic N) is 1. The highest BCUT2D eigenvalue weighted by Gasteiger charge is 2.74. The van der Waals surface area contributed by atoms with Crippen molar-refractivity contribution in [3.05, 3.63) is 101 Å². The summed E-state index contributed by atoms with van der Waals surface area (Å²) in [4.78, 5) is 44.2. The molecule has 7 nitrogen and oxygen atoms in total. The van der Waals surface area contributed by atoms with E-state index in [0.717, 1.165) is 28.7 Å². The van der Waals surface area contributed by atoms with Gasteiger partial charge in [0.2, 0.25) is 17.7 Å². The Morgan fingerprint density at radius 2 is 1.69 bits per heavy atom. The molecule has 3 aromatic carbocycles. The maximum atomic E-state index is 14.5. The third-order valence-electron chi connectivity index (χ3n) is 9.17. The van der Waals surface area contributed by atoms with E-state index in [2.05, 4.69) is 10.6 Å². The van der Waals surface area contributed by atoms with Gasteiger partial charge >= 0.3 is 0 Å². The van der Waals surface area contributed by atoms with Gasteiger partial charge in [-0.1, -0.05) is 72.8 Å². The maximum Gasteiger partial charge on any atom is 0.248 e. The lowest BCUT2D eigenvalue weighted by Gasteiger charge is -2.37. The second-order valence-electron chi connectivity index (χ2n) is 11.8. The van der Waals surface area contributed by atoms with Crippen molar-refractivity contribution in [2.24, 2.45) is 11.8 Å².